The van der Waals surface area contributed by atoms with Crippen LogP contribution in [0.5, 0.6) is 0 Å². The summed E-state index contributed by atoms with van der Waals surface area (Å²) in [7, 11) is 0. The van der Waals surface area contributed by atoms with Crippen molar-refractivity contribution in [3.8, 4) is 0 Å². The zero-order valence-electron chi connectivity index (χ0n) is 7.57. The van der Waals surface area contributed by atoms with Gasteiger partial charge in [0, 0.05) is 18.7 Å². The van der Waals surface area contributed by atoms with Crippen molar-refractivity contribution in [2.24, 2.45) is 11.7 Å². The highest BCUT2D eigenvalue weighted by atomic mass is 16.5. The third kappa shape index (κ3) is 1.73. The van der Waals surface area contributed by atoms with Crippen molar-refractivity contribution in [2.75, 3.05) is 13.2 Å². The number of H-pyrrole nitrogens is 1. The van der Waals surface area contributed by atoms with Gasteiger partial charge in [-0.15, -0.1) is 0 Å². The third-order valence-electron chi connectivity index (χ3n) is 2.58. The van der Waals surface area contributed by atoms with Crippen LogP contribution in [0, 0.1) is 5.92 Å². The molecule has 0 aromatic carbocycles. The maximum absolute atomic E-state index is 5.69. The van der Waals surface area contributed by atoms with Crippen LogP contribution in [-0.2, 0) is 4.74 Å². The van der Waals surface area contributed by atoms with Crippen molar-refractivity contribution >= 4 is 0 Å². The van der Waals surface area contributed by atoms with Crippen LogP contribution >= 0.6 is 0 Å². The molecule has 2 rings (SSSR count). The Labute approximate surface area is 77.5 Å². The zero-order chi connectivity index (χ0) is 9.10. The monoisotopic (exact) mass is 181 g/mol. The topological polar surface area (TPSA) is 63.9 Å². The quantitative estimate of drug-likeness (QED) is 0.710. The maximum atomic E-state index is 5.69. The molecule has 0 spiro atoms. The lowest BCUT2D eigenvalue weighted by molar-refractivity contribution is -0.0276. The smallest absolute Gasteiger partial charge is 0.103 e. The molecule has 1 aromatic heterocycles. The fourth-order valence-corrected chi connectivity index (χ4v) is 1.85. The van der Waals surface area contributed by atoms with Gasteiger partial charge in [-0.3, -0.25) is 5.10 Å². The van der Waals surface area contributed by atoms with Crippen LogP contribution in [0.15, 0.2) is 12.3 Å². The Hall–Kier alpha value is -0.870. The molecule has 3 N–H and O–H groups in total. The first-order chi connectivity index (χ1) is 6.42. The van der Waals surface area contributed by atoms with Gasteiger partial charge in [-0.25, -0.2) is 0 Å². The molecule has 1 fully saturated rings. The lowest BCUT2D eigenvalue weighted by atomic mass is 9.92. The van der Waals surface area contributed by atoms with Crippen LogP contribution in [0.25, 0.3) is 0 Å². The Morgan fingerprint density at radius 1 is 1.69 bits per heavy atom. The molecule has 0 bridgehead atoms. The second-order valence-electron chi connectivity index (χ2n) is 3.44. The third-order valence-corrected chi connectivity index (χ3v) is 2.58. The fraction of sp³-hybridized carbons (Fsp3) is 0.667. The van der Waals surface area contributed by atoms with Crippen LogP contribution < -0.4 is 5.73 Å². The van der Waals surface area contributed by atoms with E-state index >= 15 is 0 Å². The Kier molecular flexibility index (Phi) is 2.61. The van der Waals surface area contributed by atoms with Crippen molar-refractivity contribution in [3.63, 3.8) is 0 Å². The van der Waals surface area contributed by atoms with Crippen molar-refractivity contribution in [2.45, 2.75) is 18.9 Å². The van der Waals surface area contributed by atoms with Crippen LogP contribution in [0.4, 0.5) is 0 Å². The van der Waals surface area contributed by atoms with Gasteiger partial charge >= 0.3 is 0 Å². The van der Waals surface area contributed by atoms with E-state index in [4.69, 9.17) is 10.5 Å². The second-order valence-corrected chi connectivity index (χ2v) is 3.44. The van der Waals surface area contributed by atoms with Crippen molar-refractivity contribution in [3.05, 3.63) is 18.0 Å². The number of nitrogens with one attached hydrogen (secondary N) is 1. The average Bonchev–Trinajstić information content (AvgIpc) is 2.70. The lowest BCUT2D eigenvalue weighted by Crippen LogP contribution is -2.28. The predicted octanol–water partition coefficient (Wildman–Crippen LogP) is 0.836. The van der Waals surface area contributed by atoms with Gasteiger partial charge < -0.3 is 10.5 Å². The summed E-state index contributed by atoms with van der Waals surface area (Å²) in [5, 5.41) is 6.86. The van der Waals surface area contributed by atoms with Gasteiger partial charge in [-0.05, 0) is 25.5 Å². The first kappa shape index (κ1) is 8.72. The van der Waals surface area contributed by atoms with E-state index in [0.717, 1.165) is 25.1 Å². The molecule has 4 nitrogen and oxygen atoms in total. The van der Waals surface area contributed by atoms with E-state index in [2.05, 4.69) is 10.2 Å². The van der Waals surface area contributed by atoms with Crippen LogP contribution in [0.2, 0.25) is 0 Å². The summed E-state index contributed by atoms with van der Waals surface area (Å²) < 4.78 is 5.67. The summed E-state index contributed by atoms with van der Waals surface area (Å²) in [5.74, 6) is 0.439. The molecule has 1 aliphatic rings. The second kappa shape index (κ2) is 3.89. The molecule has 0 radical (unpaired) electrons. The number of nitrogens with zero attached hydrogens (tertiary/aromatic N) is 1. The highest BCUT2D eigenvalue weighted by Gasteiger charge is 2.26. The van der Waals surface area contributed by atoms with Gasteiger partial charge in [-0.1, -0.05) is 0 Å². The molecule has 2 atom stereocenters. The Morgan fingerprint density at radius 3 is 3.31 bits per heavy atom. The molecular weight excluding hydrogens is 166 g/mol. The number of ether oxygens (including phenoxy) is 1. The van der Waals surface area contributed by atoms with Crippen LogP contribution in [-0.4, -0.2) is 23.3 Å². The minimum atomic E-state index is 0.126. The SMILES string of the molecule is NC[C@@H]1CCCO[C@H]1c1ccn[nH]1. The highest BCUT2D eigenvalue weighted by molar-refractivity contribution is 5.04. The van der Waals surface area contributed by atoms with E-state index in [-0.39, 0.29) is 6.10 Å². The van der Waals surface area contributed by atoms with Crippen molar-refractivity contribution in [1.29, 1.82) is 0 Å². The largest absolute Gasteiger partial charge is 0.372 e. The first-order valence-electron chi connectivity index (χ1n) is 4.72. The fourth-order valence-electron chi connectivity index (χ4n) is 1.85. The van der Waals surface area contributed by atoms with Crippen molar-refractivity contribution < 1.29 is 4.74 Å². The average molecular weight is 181 g/mol. The number of rotatable bonds is 2. The van der Waals surface area contributed by atoms with Gasteiger partial charge in [0.2, 0.25) is 0 Å². The van der Waals surface area contributed by atoms with Gasteiger partial charge in [0.15, 0.2) is 0 Å². The van der Waals surface area contributed by atoms with E-state index in [9.17, 15) is 0 Å². The summed E-state index contributed by atoms with van der Waals surface area (Å²) in [4.78, 5) is 0. The van der Waals surface area contributed by atoms with Gasteiger partial charge in [-0.2, -0.15) is 5.10 Å². The minimum absolute atomic E-state index is 0.126. The molecule has 0 unspecified atom stereocenters. The Morgan fingerprint density at radius 2 is 2.62 bits per heavy atom. The summed E-state index contributed by atoms with van der Waals surface area (Å²) in [5.41, 5.74) is 6.74. The number of nitrogens with two attached hydrogens (primary N) is 1. The normalized spacial score (nSPS) is 29.0. The first-order valence-corrected chi connectivity index (χ1v) is 4.72. The van der Waals surface area contributed by atoms with E-state index in [1.165, 1.54) is 0 Å². The molecule has 1 aliphatic heterocycles. The predicted molar refractivity (Wildman–Crippen MR) is 49.1 cm³/mol. The van der Waals surface area contributed by atoms with E-state index in [0.29, 0.717) is 12.5 Å². The molecule has 4 heteroatoms. The molecule has 72 valence electrons. The van der Waals surface area contributed by atoms with E-state index < -0.39 is 0 Å². The van der Waals surface area contributed by atoms with E-state index in [1.54, 1.807) is 6.20 Å². The Balaban J connectivity index is 2.11. The molecule has 0 amide bonds. The Bertz CT molecular complexity index is 247. The highest BCUT2D eigenvalue weighted by Crippen LogP contribution is 2.31. The zero-order valence-corrected chi connectivity index (χ0v) is 7.57. The number of hydrogen-bond acceptors (Lipinski definition) is 3. The summed E-state index contributed by atoms with van der Waals surface area (Å²) >= 11 is 0. The number of aromatic nitrogens is 2. The standard InChI is InChI=1S/C9H15N3O/c10-6-7-2-1-5-13-9(7)8-3-4-11-12-8/h3-4,7,9H,1-2,5-6,10H2,(H,11,12)/t7-,9+/m0/s1. The van der Waals surface area contributed by atoms with E-state index in [1.807, 2.05) is 6.07 Å². The molecule has 0 saturated carbocycles. The molecule has 13 heavy (non-hydrogen) atoms. The summed E-state index contributed by atoms with van der Waals surface area (Å²) in [6.07, 6.45) is 4.15. The van der Waals surface area contributed by atoms with Gasteiger partial charge in [0.05, 0.1) is 5.69 Å². The molecule has 0 aliphatic carbocycles. The van der Waals surface area contributed by atoms with Crippen LogP contribution in [0.1, 0.15) is 24.6 Å². The number of hydrogen-bond donors (Lipinski definition) is 2. The molecule has 2 heterocycles. The maximum Gasteiger partial charge on any atom is 0.103 e. The summed E-state index contributed by atoms with van der Waals surface area (Å²) in [6, 6.07) is 1.96. The van der Waals surface area contributed by atoms with Gasteiger partial charge in [0.25, 0.3) is 0 Å². The minimum Gasteiger partial charge on any atom is -0.372 e. The lowest BCUT2D eigenvalue weighted by Gasteiger charge is -2.29. The molecular formula is C9H15N3O. The summed E-state index contributed by atoms with van der Waals surface area (Å²) in [6.45, 7) is 1.52. The molecule has 1 aromatic rings. The van der Waals surface area contributed by atoms with Crippen molar-refractivity contribution in [1.82, 2.24) is 10.2 Å². The van der Waals surface area contributed by atoms with Crippen LogP contribution in [0.3, 0.4) is 0 Å². The van der Waals surface area contributed by atoms with Gasteiger partial charge in [0.1, 0.15) is 6.10 Å². The number of aromatic amines is 1. The molecule has 1 saturated heterocycles.